The van der Waals surface area contributed by atoms with Crippen LogP contribution in [-0.2, 0) is 14.3 Å². The summed E-state index contributed by atoms with van der Waals surface area (Å²) in [4.78, 5) is 12.2. The molecular weight excluding hydrogens is 598 g/mol. The van der Waals surface area contributed by atoms with Gasteiger partial charge >= 0.3 is 0 Å². The number of aliphatic hydroxyl groups excluding tert-OH is 5. The highest BCUT2D eigenvalue weighted by molar-refractivity contribution is 5.76. The molecule has 7 unspecified atom stereocenters. The maximum atomic E-state index is 12.2. The fourth-order valence-electron chi connectivity index (χ4n) is 5.92. The number of unbranched alkanes of at least 4 members (excludes halogenated alkanes) is 18. The number of carbonyl (C=O) groups excluding carboxylic acids is 1. The molecule has 47 heavy (non-hydrogen) atoms. The van der Waals surface area contributed by atoms with E-state index in [-0.39, 0.29) is 18.9 Å². The van der Waals surface area contributed by atoms with Gasteiger partial charge in [-0.2, -0.15) is 0 Å². The Morgan fingerprint density at radius 3 is 1.74 bits per heavy atom. The quantitative estimate of drug-likeness (QED) is 0.0381. The standard InChI is InChI=1S/C38H71NO8/c1-3-5-6-7-8-9-10-11-12-13-14-15-16-17-18-19-20-21-22-23-24-25-26-28-32(41)31(39-34(42)27-4-2)30-46-38-37(45)36(44)35(43)33(29-40)47-38/h22-23,26,28,31-33,35-38,40-41,43-45H,3-21,24-25,27,29-30H2,1-2H3,(H,39,42)/b23-22+,28-26+. The molecule has 0 bridgehead atoms. The Bertz CT molecular complexity index is 792. The molecule has 0 aromatic carbocycles. The molecule has 1 aliphatic rings. The monoisotopic (exact) mass is 670 g/mol. The van der Waals surface area contributed by atoms with Crippen molar-refractivity contribution in [1.29, 1.82) is 0 Å². The molecule has 0 spiro atoms. The normalized spacial score (nSPS) is 23.1. The number of allylic oxidation sites excluding steroid dienone is 3. The summed E-state index contributed by atoms with van der Waals surface area (Å²) in [6.07, 6.45) is 26.9. The van der Waals surface area contributed by atoms with Crippen LogP contribution in [0.1, 0.15) is 155 Å². The largest absolute Gasteiger partial charge is 0.394 e. The predicted molar refractivity (Wildman–Crippen MR) is 189 cm³/mol. The summed E-state index contributed by atoms with van der Waals surface area (Å²) in [5.41, 5.74) is 0. The summed E-state index contributed by atoms with van der Waals surface area (Å²) in [6, 6.07) is -0.812. The highest BCUT2D eigenvalue weighted by atomic mass is 16.7. The molecule has 1 heterocycles. The van der Waals surface area contributed by atoms with E-state index in [4.69, 9.17) is 9.47 Å². The third-order valence-electron chi connectivity index (χ3n) is 9.00. The van der Waals surface area contributed by atoms with Crippen molar-refractivity contribution < 1.29 is 39.8 Å². The molecule has 1 fully saturated rings. The van der Waals surface area contributed by atoms with Crippen molar-refractivity contribution in [2.24, 2.45) is 0 Å². The molecule has 276 valence electrons. The van der Waals surface area contributed by atoms with E-state index < -0.39 is 49.5 Å². The minimum Gasteiger partial charge on any atom is -0.394 e. The van der Waals surface area contributed by atoms with E-state index in [0.717, 1.165) is 19.3 Å². The Hall–Kier alpha value is -1.33. The molecule has 1 amide bonds. The van der Waals surface area contributed by atoms with E-state index in [1.54, 1.807) is 6.08 Å². The van der Waals surface area contributed by atoms with Crippen molar-refractivity contribution in [3.8, 4) is 0 Å². The Balaban J connectivity index is 2.16. The lowest BCUT2D eigenvalue weighted by Crippen LogP contribution is -2.60. The third kappa shape index (κ3) is 21.4. The maximum Gasteiger partial charge on any atom is 0.220 e. The van der Waals surface area contributed by atoms with E-state index in [9.17, 15) is 30.3 Å². The van der Waals surface area contributed by atoms with Gasteiger partial charge in [0.1, 0.15) is 24.4 Å². The van der Waals surface area contributed by atoms with Gasteiger partial charge in [-0.1, -0.05) is 141 Å². The highest BCUT2D eigenvalue weighted by Gasteiger charge is 2.44. The molecule has 0 aromatic rings. The summed E-state index contributed by atoms with van der Waals surface area (Å²) in [7, 11) is 0. The van der Waals surface area contributed by atoms with Gasteiger partial charge in [0.15, 0.2) is 6.29 Å². The van der Waals surface area contributed by atoms with Gasteiger partial charge in [0.05, 0.1) is 25.4 Å². The fourth-order valence-corrected chi connectivity index (χ4v) is 5.92. The van der Waals surface area contributed by atoms with Crippen LogP contribution < -0.4 is 5.32 Å². The first-order valence-electron chi connectivity index (χ1n) is 19.1. The van der Waals surface area contributed by atoms with Gasteiger partial charge in [-0.3, -0.25) is 4.79 Å². The van der Waals surface area contributed by atoms with Crippen molar-refractivity contribution in [3.05, 3.63) is 24.3 Å². The zero-order valence-corrected chi connectivity index (χ0v) is 29.8. The van der Waals surface area contributed by atoms with Gasteiger partial charge in [-0.25, -0.2) is 0 Å². The number of carbonyl (C=O) groups is 1. The Kier molecular flexibility index (Phi) is 27.5. The van der Waals surface area contributed by atoms with Crippen LogP contribution in [0.2, 0.25) is 0 Å². The molecule has 0 aliphatic carbocycles. The zero-order valence-electron chi connectivity index (χ0n) is 29.8. The molecule has 0 aromatic heterocycles. The fraction of sp³-hybridized carbons (Fsp3) is 0.868. The first kappa shape index (κ1) is 43.7. The van der Waals surface area contributed by atoms with Crippen LogP contribution in [0, 0.1) is 0 Å². The Morgan fingerprint density at radius 2 is 1.21 bits per heavy atom. The molecular formula is C38H71NO8. The van der Waals surface area contributed by atoms with Crippen LogP contribution in [0.15, 0.2) is 24.3 Å². The molecule has 1 rings (SSSR count). The minimum atomic E-state index is -1.56. The van der Waals surface area contributed by atoms with Crippen LogP contribution in [0.25, 0.3) is 0 Å². The number of hydrogen-bond acceptors (Lipinski definition) is 8. The maximum absolute atomic E-state index is 12.2. The molecule has 0 radical (unpaired) electrons. The van der Waals surface area contributed by atoms with Crippen LogP contribution >= 0.6 is 0 Å². The van der Waals surface area contributed by atoms with Crippen LogP contribution in [0.3, 0.4) is 0 Å². The Labute approximate surface area is 286 Å². The lowest BCUT2D eigenvalue weighted by molar-refractivity contribution is -0.302. The summed E-state index contributed by atoms with van der Waals surface area (Å²) in [5, 5.41) is 53.1. The number of ether oxygens (including phenoxy) is 2. The third-order valence-corrected chi connectivity index (χ3v) is 9.00. The second-order valence-corrected chi connectivity index (χ2v) is 13.4. The average molecular weight is 670 g/mol. The molecule has 0 saturated carbocycles. The van der Waals surface area contributed by atoms with E-state index in [2.05, 4.69) is 24.4 Å². The average Bonchev–Trinajstić information content (AvgIpc) is 3.06. The minimum absolute atomic E-state index is 0.205. The zero-order chi connectivity index (χ0) is 34.5. The first-order valence-corrected chi connectivity index (χ1v) is 19.1. The van der Waals surface area contributed by atoms with Gasteiger partial charge in [-0.15, -0.1) is 0 Å². The first-order chi connectivity index (χ1) is 22.8. The van der Waals surface area contributed by atoms with E-state index in [0.29, 0.717) is 6.42 Å². The summed E-state index contributed by atoms with van der Waals surface area (Å²) in [5.74, 6) is -0.241. The SMILES string of the molecule is CCCCCCCCCCCCCCCCCCC/C=C/CC/C=C/C(O)C(COC1OC(CO)C(O)C(O)C1O)NC(=O)CCC. The second kappa shape index (κ2) is 29.6. The van der Waals surface area contributed by atoms with Gasteiger partial charge in [0, 0.05) is 6.42 Å². The van der Waals surface area contributed by atoms with Crippen molar-refractivity contribution in [1.82, 2.24) is 5.32 Å². The van der Waals surface area contributed by atoms with Crippen molar-refractivity contribution in [2.75, 3.05) is 13.2 Å². The van der Waals surface area contributed by atoms with E-state index >= 15 is 0 Å². The van der Waals surface area contributed by atoms with Gasteiger partial charge in [0.2, 0.25) is 5.91 Å². The van der Waals surface area contributed by atoms with Gasteiger partial charge in [0.25, 0.3) is 0 Å². The molecule has 1 saturated heterocycles. The number of aliphatic hydroxyl groups is 5. The lowest BCUT2D eigenvalue weighted by atomic mass is 9.99. The van der Waals surface area contributed by atoms with Crippen molar-refractivity contribution >= 4 is 5.91 Å². The van der Waals surface area contributed by atoms with Crippen molar-refractivity contribution in [2.45, 2.75) is 198 Å². The number of nitrogens with one attached hydrogen (secondary N) is 1. The lowest BCUT2D eigenvalue weighted by Gasteiger charge is -2.40. The summed E-state index contributed by atoms with van der Waals surface area (Å²) < 4.78 is 11.0. The smallest absolute Gasteiger partial charge is 0.220 e. The topological polar surface area (TPSA) is 149 Å². The van der Waals surface area contributed by atoms with E-state index in [1.165, 1.54) is 109 Å². The second-order valence-electron chi connectivity index (χ2n) is 13.4. The van der Waals surface area contributed by atoms with Crippen LogP contribution in [0.5, 0.6) is 0 Å². The van der Waals surface area contributed by atoms with Crippen LogP contribution in [-0.4, -0.2) is 87.5 Å². The molecule has 6 N–H and O–H groups in total. The molecule has 9 heteroatoms. The van der Waals surface area contributed by atoms with Crippen molar-refractivity contribution in [3.63, 3.8) is 0 Å². The molecule has 1 aliphatic heterocycles. The number of hydrogen-bond donors (Lipinski definition) is 6. The highest BCUT2D eigenvalue weighted by Crippen LogP contribution is 2.22. The van der Waals surface area contributed by atoms with Gasteiger partial charge < -0.3 is 40.3 Å². The summed E-state index contributed by atoms with van der Waals surface area (Å²) in [6.45, 7) is 3.38. The van der Waals surface area contributed by atoms with Crippen LogP contribution in [0.4, 0.5) is 0 Å². The Morgan fingerprint density at radius 1 is 0.702 bits per heavy atom. The molecule has 7 atom stereocenters. The number of rotatable bonds is 30. The van der Waals surface area contributed by atoms with E-state index in [1.807, 2.05) is 13.0 Å². The summed E-state index contributed by atoms with van der Waals surface area (Å²) >= 11 is 0. The molecule has 9 nitrogen and oxygen atoms in total. The van der Waals surface area contributed by atoms with Gasteiger partial charge in [-0.05, 0) is 32.1 Å². The predicted octanol–water partition coefficient (Wildman–Crippen LogP) is 6.38. The number of amides is 1.